The third-order valence-corrected chi connectivity index (χ3v) is 3.12. The van der Waals surface area contributed by atoms with Gasteiger partial charge in [0.25, 0.3) is 0 Å². The minimum atomic E-state index is 0.0237. The Balaban J connectivity index is 2.12. The van der Waals surface area contributed by atoms with Crippen molar-refractivity contribution >= 4 is 0 Å². The second kappa shape index (κ2) is 4.46. The van der Waals surface area contributed by atoms with Gasteiger partial charge in [-0.3, -0.25) is 0 Å². The molecule has 0 saturated heterocycles. The van der Waals surface area contributed by atoms with Gasteiger partial charge in [-0.1, -0.05) is 18.2 Å². The Bertz CT molecular complexity index is 390. The lowest BCUT2D eigenvalue weighted by Crippen LogP contribution is -2.10. The number of fused-ring (bicyclic) bond motifs is 1. The van der Waals surface area contributed by atoms with E-state index in [4.69, 9.17) is 11.0 Å². The highest BCUT2D eigenvalue weighted by Crippen LogP contribution is 2.25. The number of rotatable bonds is 3. The molecule has 1 aliphatic rings. The van der Waals surface area contributed by atoms with Crippen LogP contribution in [0.1, 0.15) is 42.0 Å². The van der Waals surface area contributed by atoms with Crippen molar-refractivity contribution in [2.75, 3.05) is 0 Å². The van der Waals surface area contributed by atoms with Gasteiger partial charge in [-0.05, 0) is 42.4 Å². The van der Waals surface area contributed by atoms with E-state index in [-0.39, 0.29) is 6.04 Å². The Morgan fingerprint density at radius 2 is 2.13 bits per heavy atom. The number of nitrogens with two attached hydrogens (primary N) is 1. The highest BCUT2D eigenvalue weighted by atomic mass is 14.6. The third kappa shape index (κ3) is 2.19. The van der Waals surface area contributed by atoms with Crippen molar-refractivity contribution in [2.24, 2.45) is 5.73 Å². The van der Waals surface area contributed by atoms with Crippen LogP contribution in [0, 0.1) is 11.3 Å². The molecule has 2 rings (SSSR count). The molecule has 0 spiro atoms. The fourth-order valence-corrected chi connectivity index (χ4v) is 2.21. The molecule has 0 saturated carbocycles. The Hall–Kier alpha value is -1.33. The normalized spacial score (nSPS) is 15.7. The van der Waals surface area contributed by atoms with E-state index in [2.05, 4.69) is 24.3 Å². The molecule has 0 amide bonds. The molecule has 2 N–H and O–H groups in total. The summed E-state index contributed by atoms with van der Waals surface area (Å²) in [6.07, 6.45) is 4.97. The fraction of sp³-hybridized carbons (Fsp3) is 0.462. The lowest BCUT2D eigenvalue weighted by atomic mass is 9.99. The first-order chi connectivity index (χ1) is 7.31. The van der Waals surface area contributed by atoms with Crippen LogP contribution in [-0.2, 0) is 12.8 Å². The molecule has 0 radical (unpaired) electrons. The Labute approximate surface area is 90.7 Å². The molecule has 2 nitrogen and oxygen atoms in total. The van der Waals surface area contributed by atoms with Gasteiger partial charge in [0.2, 0.25) is 0 Å². The standard InChI is InChI=1S/C13H16N2/c14-8-2-5-13(15)12-7-6-10-3-1-4-11(10)9-12/h6-7,9,13H,1-5,15H2. The van der Waals surface area contributed by atoms with Crippen LogP contribution in [0.2, 0.25) is 0 Å². The van der Waals surface area contributed by atoms with Crippen LogP contribution in [0.4, 0.5) is 0 Å². The van der Waals surface area contributed by atoms with Gasteiger partial charge in [0.05, 0.1) is 6.07 Å². The van der Waals surface area contributed by atoms with E-state index in [1.165, 1.54) is 36.0 Å². The van der Waals surface area contributed by atoms with E-state index < -0.39 is 0 Å². The molecule has 1 atom stereocenters. The first-order valence-electron chi connectivity index (χ1n) is 5.55. The van der Waals surface area contributed by atoms with Gasteiger partial charge in [-0.2, -0.15) is 5.26 Å². The van der Waals surface area contributed by atoms with Gasteiger partial charge < -0.3 is 5.73 Å². The summed E-state index contributed by atoms with van der Waals surface area (Å²) in [4.78, 5) is 0. The first-order valence-corrected chi connectivity index (χ1v) is 5.55. The summed E-state index contributed by atoms with van der Waals surface area (Å²) in [5.41, 5.74) is 10.1. The minimum Gasteiger partial charge on any atom is -0.324 e. The molecule has 78 valence electrons. The number of hydrogen-bond acceptors (Lipinski definition) is 2. The van der Waals surface area contributed by atoms with E-state index in [1.807, 2.05) is 0 Å². The quantitative estimate of drug-likeness (QED) is 0.814. The molecule has 0 bridgehead atoms. The number of hydrogen-bond donors (Lipinski definition) is 1. The van der Waals surface area contributed by atoms with Gasteiger partial charge in [-0.25, -0.2) is 0 Å². The molecular weight excluding hydrogens is 184 g/mol. The van der Waals surface area contributed by atoms with Gasteiger partial charge in [-0.15, -0.1) is 0 Å². The third-order valence-electron chi connectivity index (χ3n) is 3.12. The summed E-state index contributed by atoms with van der Waals surface area (Å²) in [7, 11) is 0. The summed E-state index contributed by atoms with van der Waals surface area (Å²) < 4.78 is 0. The number of nitrogens with zero attached hydrogens (tertiary/aromatic N) is 1. The van der Waals surface area contributed by atoms with E-state index in [9.17, 15) is 0 Å². The molecule has 1 aromatic carbocycles. The number of benzene rings is 1. The largest absolute Gasteiger partial charge is 0.324 e. The maximum absolute atomic E-state index is 8.51. The highest BCUT2D eigenvalue weighted by molar-refractivity contribution is 5.36. The van der Waals surface area contributed by atoms with Crippen LogP contribution in [0.5, 0.6) is 0 Å². The van der Waals surface area contributed by atoms with Crippen LogP contribution < -0.4 is 5.73 Å². The van der Waals surface area contributed by atoms with Gasteiger partial charge in [0.1, 0.15) is 0 Å². The molecule has 1 unspecified atom stereocenters. The van der Waals surface area contributed by atoms with Crippen molar-refractivity contribution in [2.45, 2.75) is 38.1 Å². The van der Waals surface area contributed by atoms with Crippen molar-refractivity contribution in [3.05, 3.63) is 34.9 Å². The monoisotopic (exact) mass is 200 g/mol. The average Bonchev–Trinajstić information content (AvgIpc) is 2.72. The van der Waals surface area contributed by atoms with Crippen molar-refractivity contribution in [1.82, 2.24) is 0 Å². The average molecular weight is 200 g/mol. The van der Waals surface area contributed by atoms with Crippen LogP contribution in [0.25, 0.3) is 0 Å². The Kier molecular flexibility index (Phi) is 3.03. The summed E-state index contributed by atoms with van der Waals surface area (Å²) in [6.45, 7) is 0. The zero-order chi connectivity index (χ0) is 10.7. The second-order valence-corrected chi connectivity index (χ2v) is 4.18. The number of nitriles is 1. The van der Waals surface area contributed by atoms with Crippen LogP contribution >= 0.6 is 0 Å². The maximum atomic E-state index is 8.51. The number of aryl methyl sites for hydroxylation is 2. The Morgan fingerprint density at radius 3 is 2.93 bits per heavy atom. The van der Waals surface area contributed by atoms with Gasteiger partial charge in [0.15, 0.2) is 0 Å². The van der Waals surface area contributed by atoms with Gasteiger partial charge in [0, 0.05) is 12.5 Å². The predicted octanol–water partition coefficient (Wildman–Crippen LogP) is 2.48. The van der Waals surface area contributed by atoms with Crippen molar-refractivity contribution in [3.63, 3.8) is 0 Å². The SMILES string of the molecule is N#CCCC(N)c1ccc2c(c1)CCC2. The topological polar surface area (TPSA) is 49.8 Å². The molecule has 0 aromatic heterocycles. The summed E-state index contributed by atoms with van der Waals surface area (Å²) in [5, 5.41) is 8.51. The van der Waals surface area contributed by atoms with Gasteiger partial charge >= 0.3 is 0 Å². The first kappa shape index (κ1) is 10.2. The summed E-state index contributed by atoms with van der Waals surface area (Å²) in [5.74, 6) is 0. The zero-order valence-electron chi connectivity index (χ0n) is 8.87. The zero-order valence-corrected chi connectivity index (χ0v) is 8.87. The molecule has 1 aromatic rings. The molecule has 1 aliphatic carbocycles. The van der Waals surface area contributed by atoms with Crippen LogP contribution in [0.15, 0.2) is 18.2 Å². The lowest BCUT2D eigenvalue weighted by molar-refractivity contribution is 0.664. The molecule has 2 heteroatoms. The molecular formula is C13H16N2. The molecule has 15 heavy (non-hydrogen) atoms. The maximum Gasteiger partial charge on any atom is 0.0622 e. The molecule has 0 aliphatic heterocycles. The van der Waals surface area contributed by atoms with E-state index in [1.54, 1.807) is 0 Å². The van der Waals surface area contributed by atoms with Crippen LogP contribution in [0.3, 0.4) is 0 Å². The predicted molar refractivity (Wildman–Crippen MR) is 60.2 cm³/mol. The highest BCUT2D eigenvalue weighted by Gasteiger charge is 2.13. The Morgan fingerprint density at radius 1 is 1.33 bits per heavy atom. The van der Waals surface area contributed by atoms with E-state index in [0.29, 0.717) is 6.42 Å². The van der Waals surface area contributed by atoms with Crippen molar-refractivity contribution in [1.29, 1.82) is 5.26 Å². The summed E-state index contributed by atoms with van der Waals surface area (Å²) >= 11 is 0. The second-order valence-electron chi connectivity index (χ2n) is 4.18. The van der Waals surface area contributed by atoms with Crippen molar-refractivity contribution in [3.8, 4) is 6.07 Å². The van der Waals surface area contributed by atoms with Crippen LogP contribution in [-0.4, -0.2) is 0 Å². The molecule has 0 fully saturated rings. The lowest BCUT2D eigenvalue weighted by Gasteiger charge is -2.11. The van der Waals surface area contributed by atoms with E-state index >= 15 is 0 Å². The minimum absolute atomic E-state index is 0.0237. The van der Waals surface area contributed by atoms with Crippen molar-refractivity contribution < 1.29 is 0 Å². The molecule has 0 heterocycles. The summed E-state index contributed by atoms with van der Waals surface area (Å²) in [6, 6.07) is 8.71. The fourth-order valence-electron chi connectivity index (χ4n) is 2.21. The van der Waals surface area contributed by atoms with E-state index in [0.717, 1.165) is 6.42 Å². The smallest absolute Gasteiger partial charge is 0.0622 e.